The molecule has 0 aliphatic rings. The number of aromatic nitrogens is 5. The van der Waals surface area contributed by atoms with E-state index < -0.39 is 0 Å². The molecule has 0 atom stereocenters. The fourth-order valence-electron chi connectivity index (χ4n) is 9.56. The summed E-state index contributed by atoms with van der Waals surface area (Å²) >= 11 is 0. The third-order valence-electron chi connectivity index (χ3n) is 12.6. The van der Waals surface area contributed by atoms with E-state index in [9.17, 15) is 0 Å². The van der Waals surface area contributed by atoms with Crippen LogP contribution in [0, 0.1) is 13.8 Å². The van der Waals surface area contributed by atoms with Crippen LogP contribution >= 0.6 is 0 Å². The molecule has 0 aliphatic carbocycles. The van der Waals surface area contributed by atoms with Crippen LogP contribution in [-0.2, 0) is 0 Å². The molecule has 5 nitrogen and oxygen atoms in total. The monoisotopic (exact) mass is 819 g/mol. The number of hydrogen-bond acceptors (Lipinski definition) is 3. The van der Waals surface area contributed by atoms with Crippen LogP contribution in [0.5, 0.6) is 0 Å². The van der Waals surface area contributed by atoms with Gasteiger partial charge < -0.3 is 9.13 Å². The van der Waals surface area contributed by atoms with Crippen LogP contribution in [0.3, 0.4) is 0 Å². The molecule has 0 N–H and O–H groups in total. The summed E-state index contributed by atoms with van der Waals surface area (Å²) in [7, 11) is 0. The Morgan fingerprint density at radius 2 is 0.844 bits per heavy atom. The lowest BCUT2D eigenvalue weighted by Crippen LogP contribution is -2.04. The zero-order valence-corrected chi connectivity index (χ0v) is 35.4. The molecule has 0 aliphatic heterocycles. The zero-order valence-electron chi connectivity index (χ0n) is 35.4. The second kappa shape index (κ2) is 15.2. The van der Waals surface area contributed by atoms with Crippen LogP contribution < -0.4 is 0 Å². The summed E-state index contributed by atoms with van der Waals surface area (Å²) in [6.45, 7) is 4.35. The minimum atomic E-state index is 0.600. The van der Waals surface area contributed by atoms with Crippen LogP contribution in [0.15, 0.2) is 212 Å². The molecule has 0 bridgehead atoms. The molecule has 12 rings (SSSR count). The highest BCUT2D eigenvalue weighted by atomic mass is 15.1. The molecule has 5 heteroatoms. The number of benzene rings is 9. The topological polar surface area (TPSA) is 48.5 Å². The third-order valence-corrected chi connectivity index (χ3v) is 12.6. The molecule has 0 unspecified atom stereocenters. The molecule has 0 amide bonds. The van der Waals surface area contributed by atoms with Gasteiger partial charge in [-0.05, 0) is 96.3 Å². The van der Waals surface area contributed by atoms with Gasteiger partial charge in [-0.1, -0.05) is 163 Å². The Labute approximate surface area is 371 Å². The van der Waals surface area contributed by atoms with Crippen molar-refractivity contribution in [2.45, 2.75) is 13.8 Å². The van der Waals surface area contributed by atoms with Crippen molar-refractivity contribution >= 4 is 43.6 Å². The zero-order chi connectivity index (χ0) is 42.7. The maximum absolute atomic E-state index is 5.34. The highest BCUT2D eigenvalue weighted by molar-refractivity contribution is 6.12. The van der Waals surface area contributed by atoms with Crippen molar-refractivity contribution < 1.29 is 0 Å². The Hall–Kier alpha value is -8.41. The lowest BCUT2D eigenvalue weighted by atomic mass is 9.97. The van der Waals surface area contributed by atoms with Crippen molar-refractivity contribution in [3.05, 3.63) is 223 Å². The number of hydrogen-bond donors (Lipinski definition) is 0. The summed E-state index contributed by atoms with van der Waals surface area (Å²) in [6.07, 6.45) is 0. The van der Waals surface area contributed by atoms with Crippen LogP contribution in [0.25, 0.3) is 111 Å². The van der Waals surface area contributed by atoms with Gasteiger partial charge in [0.15, 0.2) is 17.5 Å². The van der Waals surface area contributed by atoms with E-state index in [4.69, 9.17) is 15.0 Å². The fourth-order valence-corrected chi connectivity index (χ4v) is 9.56. The normalized spacial score (nSPS) is 11.6. The van der Waals surface area contributed by atoms with Gasteiger partial charge in [0.25, 0.3) is 0 Å². The first kappa shape index (κ1) is 37.4. The summed E-state index contributed by atoms with van der Waals surface area (Å²) in [5.41, 5.74) is 16.5. The fraction of sp³-hybridized carbons (Fsp3) is 0.0339. The van der Waals surface area contributed by atoms with Crippen molar-refractivity contribution in [3.63, 3.8) is 0 Å². The molecular formula is C59H41N5. The molecule has 302 valence electrons. The van der Waals surface area contributed by atoms with Gasteiger partial charge in [0.1, 0.15) is 0 Å². The van der Waals surface area contributed by atoms with Gasteiger partial charge in [0, 0.05) is 43.9 Å². The second-order valence-corrected chi connectivity index (χ2v) is 16.6. The smallest absolute Gasteiger partial charge is 0.166 e. The largest absolute Gasteiger partial charge is 0.309 e. The number of nitrogens with zero attached hydrogens (tertiary/aromatic N) is 5. The summed E-state index contributed by atoms with van der Waals surface area (Å²) in [6, 6.07) is 75.6. The van der Waals surface area contributed by atoms with Gasteiger partial charge in [0.05, 0.1) is 27.8 Å². The quantitative estimate of drug-likeness (QED) is 0.161. The van der Waals surface area contributed by atoms with Crippen molar-refractivity contribution in [3.8, 4) is 67.8 Å². The number of para-hydroxylation sites is 3. The van der Waals surface area contributed by atoms with Gasteiger partial charge in [-0.25, -0.2) is 15.0 Å². The molecule has 64 heavy (non-hydrogen) atoms. The maximum Gasteiger partial charge on any atom is 0.166 e. The van der Waals surface area contributed by atoms with E-state index in [1.54, 1.807) is 0 Å². The van der Waals surface area contributed by atoms with E-state index in [2.05, 4.69) is 199 Å². The lowest BCUT2D eigenvalue weighted by molar-refractivity contribution is 1.06. The van der Waals surface area contributed by atoms with E-state index >= 15 is 0 Å². The number of rotatable bonds is 7. The van der Waals surface area contributed by atoms with Gasteiger partial charge in [0.2, 0.25) is 0 Å². The Morgan fingerprint density at radius 1 is 0.312 bits per heavy atom. The summed E-state index contributed by atoms with van der Waals surface area (Å²) in [5.74, 6) is 1.84. The van der Waals surface area contributed by atoms with Crippen LogP contribution in [0.2, 0.25) is 0 Å². The molecule has 0 fully saturated rings. The van der Waals surface area contributed by atoms with E-state index in [0.717, 1.165) is 55.7 Å². The molecule has 0 spiro atoms. The molecule has 12 aromatic rings. The SMILES string of the molecule is Cc1ccc(-c2ccc3c4ccccc4n(-c4ccc(-c5ccc6c(c5)c5ccccc5n6-c5ccccc5)cc4-c4nc(-c5ccccc5)nc(-c5ccccc5)n4)c3c2)c(C)c1. The Morgan fingerprint density at radius 3 is 1.53 bits per heavy atom. The first-order valence-corrected chi connectivity index (χ1v) is 21.8. The number of fused-ring (bicyclic) bond motifs is 6. The van der Waals surface area contributed by atoms with Gasteiger partial charge in [-0.15, -0.1) is 0 Å². The predicted molar refractivity (Wildman–Crippen MR) is 265 cm³/mol. The van der Waals surface area contributed by atoms with E-state index in [-0.39, 0.29) is 0 Å². The van der Waals surface area contributed by atoms with Crippen molar-refractivity contribution in [2.75, 3.05) is 0 Å². The molecule has 3 heterocycles. The number of aryl methyl sites for hydroxylation is 2. The molecule has 3 aromatic heterocycles. The average Bonchev–Trinajstić information content (AvgIpc) is 3.86. The molecule has 0 saturated heterocycles. The summed E-state index contributed by atoms with van der Waals surface area (Å²) in [5, 5.41) is 4.78. The second-order valence-electron chi connectivity index (χ2n) is 16.6. The Bertz CT molecular complexity index is 3680. The van der Waals surface area contributed by atoms with Crippen LogP contribution in [0.1, 0.15) is 11.1 Å². The van der Waals surface area contributed by atoms with Gasteiger partial charge in [-0.3, -0.25) is 0 Å². The van der Waals surface area contributed by atoms with Crippen molar-refractivity contribution in [2.24, 2.45) is 0 Å². The van der Waals surface area contributed by atoms with E-state index in [0.29, 0.717) is 17.5 Å². The Kier molecular flexibility index (Phi) is 8.87. The first-order chi connectivity index (χ1) is 31.6. The molecule has 0 saturated carbocycles. The predicted octanol–water partition coefficient (Wildman–Crippen LogP) is 15.0. The Balaban J connectivity index is 1.14. The van der Waals surface area contributed by atoms with Crippen molar-refractivity contribution in [1.82, 2.24) is 24.1 Å². The van der Waals surface area contributed by atoms with E-state index in [1.165, 1.54) is 49.3 Å². The average molecular weight is 820 g/mol. The first-order valence-electron chi connectivity index (χ1n) is 21.8. The minimum absolute atomic E-state index is 0.600. The van der Waals surface area contributed by atoms with Crippen LogP contribution in [-0.4, -0.2) is 24.1 Å². The molecular weight excluding hydrogens is 779 g/mol. The lowest BCUT2D eigenvalue weighted by Gasteiger charge is -2.17. The van der Waals surface area contributed by atoms with Gasteiger partial charge in [-0.2, -0.15) is 0 Å². The highest BCUT2D eigenvalue weighted by Gasteiger charge is 2.22. The van der Waals surface area contributed by atoms with E-state index in [1.807, 2.05) is 36.4 Å². The summed E-state index contributed by atoms with van der Waals surface area (Å²) < 4.78 is 4.76. The van der Waals surface area contributed by atoms with Crippen molar-refractivity contribution in [1.29, 1.82) is 0 Å². The molecule has 9 aromatic carbocycles. The van der Waals surface area contributed by atoms with Gasteiger partial charge >= 0.3 is 0 Å². The standard InChI is InChI=1S/C59H41N5/c1-38-26-30-46(39(2)34-38)44-27-31-49-47-22-12-15-25-53(47)64(56(49)37-44)55-33-29-43(42-28-32-54-50(35-42)48-23-13-14-24-52(48)63(54)45-20-10-5-11-21-45)36-51(55)59-61-57(40-16-6-3-7-17-40)60-58(62-59)41-18-8-4-9-19-41/h3-37H,1-2H3. The third kappa shape index (κ3) is 6.28. The maximum atomic E-state index is 5.34. The highest BCUT2D eigenvalue weighted by Crippen LogP contribution is 2.41. The van der Waals surface area contributed by atoms with Crippen LogP contribution in [0.4, 0.5) is 0 Å². The minimum Gasteiger partial charge on any atom is -0.309 e. The summed E-state index contributed by atoms with van der Waals surface area (Å²) in [4.78, 5) is 15.8. The molecule has 0 radical (unpaired) electrons.